The van der Waals surface area contributed by atoms with Crippen LogP contribution in [-0.4, -0.2) is 25.8 Å². The lowest BCUT2D eigenvalue weighted by Crippen LogP contribution is -2.35. The number of nitrogens with zero attached hydrogens (tertiary/aromatic N) is 1. The van der Waals surface area contributed by atoms with Gasteiger partial charge in [0, 0.05) is 18.8 Å². The SMILES string of the molecule is CCCC(C)N(C)S(=O)(=O)c1cccc(N)c1. The quantitative estimate of drug-likeness (QED) is 0.820. The van der Waals surface area contributed by atoms with Crippen molar-refractivity contribution in [3.63, 3.8) is 0 Å². The van der Waals surface area contributed by atoms with Gasteiger partial charge in [0.05, 0.1) is 4.90 Å². The molecule has 1 rings (SSSR count). The van der Waals surface area contributed by atoms with Gasteiger partial charge in [-0.3, -0.25) is 0 Å². The summed E-state index contributed by atoms with van der Waals surface area (Å²) in [5.41, 5.74) is 6.07. The van der Waals surface area contributed by atoms with Crippen LogP contribution in [0.25, 0.3) is 0 Å². The molecule has 4 nitrogen and oxygen atoms in total. The van der Waals surface area contributed by atoms with Gasteiger partial charge in [0.2, 0.25) is 10.0 Å². The van der Waals surface area contributed by atoms with Gasteiger partial charge < -0.3 is 5.73 Å². The highest BCUT2D eigenvalue weighted by Crippen LogP contribution is 2.20. The summed E-state index contributed by atoms with van der Waals surface area (Å²) in [6.07, 6.45) is 1.80. The molecule has 96 valence electrons. The number of anilines is 1. The minimum atomic E-state index is -3.43. The van der Waals surface area contributed by atoms with Crippen molar-refractivity contribution in [2.75, 3.05) is 12.8 Å². The maximum absolute atomic E-state index is 12.3. The Kier molecular flexibility index (Phi) is 4.54. The van der Waals surface area contributed by atoms with E-state index in [0.717, 1.165) is 12.8 Å². The fourth-order valence-electron chi connectivity index (χ4n) is 1.68. The van der Waals surface area contributed by atoms with Crippen LogP contribution >= 0.6 is 0 Å². The largest absolute Gasteiger partial charge is 0.399 e. The Bertz CT molecular complexity index is 471. The molecular formula is C12H20N2O2S. The number of benzene rings is 1. The van der Waals surface area contributed by atoms with Gasteiger partial charge in [0.1, 0.15) is 0 Å². The summed E-state index contributed by atoms with van der Waals surface area (Å²) >= 11 is 0. The summed E-state index contributed by atoms with van der Waals surface area (Å²) < 4.78 is 26.0. The summed E-state index contributed by atoms with van der Waals surface area (Å²) in [4.78, 5) is 0.253. The van der Waals surface area contributed by atoms with E-state index >= 15 is 0 Å². The van der Waals surface area contributed by atoms with E-state index < -0.39 is 10.0 Å². The van der Waals surface area contributed by atoms with Crippen LogP contribution in [0.15, 0.2) is 29.2 Å². The van der Waals surface area contributed by atoms with Gasteiger partial charge in [-0.1, -0.05) is 19.4 Å². The summed E-state index contributed by atoms with van der Waals surface area (Å²) in [6, 6.07) is 6.38. The van der Waals surface area contributed by atoms with Gasteiger partial charge in [-0.15, -0.1) is 0 Å². The number of nitrogens with two attached hydrogens (primary N) is 1. The van der Waals surface area contributed by atoms with Crippen LogP contribution in [-0.2, 0) is 10.0 Å². The van der Waals surface area contributed by atoms with E-state index in [9.17, 15) is 8.42 Å². The van der Waals surface area contributed by atoms with Gasteiger partial charge in [-0.2, -0.15) is 4.31 Å². The van der Waals surface area contributed by atoms with Crippen LogP contribution < -0.4 is 5.73 Å². The van der Waals surface area contributed by atoms with Crippen molar-refractivity contribution in [3.05, 3.63) is 24.3 Å². The predicted octanol–water partition coefficient (Wildman–Crippen LogP) is 2.08. The van der Waals surface area contributed by atoms with Crippen molar-refractivity contribution in [1.29, 1.82) is 0 Å². The molecule has 0 aliphatic rings. The zero-order chi connectivity index (χ0) is 13.1. The van der Waals surface area contributed by atoms with Crippen molar-refractivity contribution in [2.45, 2.75) is 37.6 Å². The van der Waals surface area contributed by atoms with Crippen LogP contribution in [0.5, 0.6) is 0 Å². The van der Waals surface area contributed by atoms with Crippen molar-refractivity contribution >= 4 is 15.7 Å². The highest BCUT2D eigenvalue weighted by Gasteiger charge is 2.24. The van der Waals surface area contributed by atoms with Crippen LogP contribution in [0.1, 0.15) is 26.7 Å². The number of hydrogen-bond acceptors (Lipinski definition) is 3. The maximum atomic E-state index is 12.3. The van der Waals surface area contributed by atoms with Crippen molar-refractivity contribution in [1.82, 2.24) is 4.31 Å². The molecule has 1 unspecified atom stereocenters. The van der Waals surface area contributed by atoms with E-state index in [1.54, 1.807) is 25.2 Å². The average molecular weight is 256 g/mol. The number of nitrogen functional groups attached to an aromatic ring is 1. The molecule has 17 heavy (non-hydrogen) atoms. The highest BCUT2D eigenvalue weighted by molar-refractivity contribution is 7.89. The van der Waals surface area contributed by atoms with E-state index in [4.69, 9.17) is 5.73 Å². The third kappa shape index (κ3) is 3.20. The topological polar surface area (TPSA) is 63.4 Å². The van der Waals surface area contributed by atoms with Gasteiger partial charge in [0.25, 0.3) is 0 Å². The van der Waals surface area contributed by atoms with Gasteiger partial charge >= 0.3 is 0 Å². The van der Waals surface area contributed by atoms with E-state index in [0.29, 0.717) is 5.69 Å². The Morgan fingerprint density at radius 3 is 2.59 bits per heavy atom. The fourth-order valence-corrected chi connectivity index (χ4v) is 3.13. The molecule has 0 fully saturated rings. The normalized spacial score (nSPS) is 13.9. The van der Waals surface area contributed by atoms with E-state index in [1.165, 1.54) is 10.4 Å². The van der Waals surface area contributed by atoms with Crippen LogP contribution in [0.3, 0.4) is 0 Å². The first-order valence-electron chi connectivity index (χ1n) is 5.73. The molecule has 1 aromatic rings. The molecule has 0 aliphatic carbocycles. The molecule has 0 radical (unpaired) electrons. The Labute approximate surface area is 103 Å². The second-order valence-corrected chi connectivity index (χ2v) is 6.23. The van der Waals surface area contributed by atoms with Crippen LogP contribution in [0.4, 0.5) is 5.69 Å². The van der Waals surface area contributed by atoms with Crippen LogP contribution in [0, 0.1) is 0 Å². The van der Waals surface area contributed by atoms with E-state index in [1.807, 2.05) is 13.8 Å². The molecule has 1 atom stereocenters. The minimum absolute atomic E-state index is 0.00793. The first-order chi connectivity index (χ1) is 7.89. The van der Waals surface area contributed by atoms with Crippen LogP contribution in [0.2, 0.25) is 0 Å². The average Bonchev–Trinajstić information content (AvgIpc) is 2.28. The highest BCUT2D eigenvalue weighted by atomic mass is 32.2. The Morgan fingerprint density at radius 1 is 1.41 bits per heavy atom. The molecule has 5 heteroatoms. The number of sulfonamides is 1. The van der Waals surface area contributed by atoms with Gasteiger partial charge in [-0.25, -0.2) is 8.42 Å². The third-order valence-corrected chi connectivity index (χ3v) is 4.83. The Hall–Kier alpha value is -1.07. The smallest absolute Gasteiger partial charge is 0.243 e. The number of rotatable bonds is 5. The second-order valence-electron chi connectivity index (χ2n) is 4.23. The molecule has 0 heterocycles. The Balaban J connectivity index is 3.03. The molecule has 0 saturated carbocycles. The molecule has 0 saturated heterocycles. The summed E-state index contributed by atoms with van der Waals surface area (Å²) in [7, 11) is -1.82. The monoisotopic (exact) mass is 256 g/mol. The van der Waals surface area contributed by atoms with E-state index in [-0.39, 0.29) is 10.9 Å². The summed E-state index contributed by atoms with van der Waals surface area (Å²) in [6.45, 7) is 3.95. The minimum Gasteiger partial charge on any atom is -0.399 e. The maximum Gasteiger partial charge on any atom is 0.243 e. The molecule has 1 aromatic carbocycles. The molecule has 0 bridgehead atoms. The lowest BCUT2D eigenvalue weighted by Gasteiger charge is -2.24. The zero-order valence-electron chi connectivity index (χ0n) is 10.6. The van der Waals surface area contributed by atoms with Crippen molar-refractivity contribution < 1.29 is 8.42 Å². The molecule has 0 amide bonds. The number of hydrogen-bond donors (Lipinski definition) is 1. The first-order valence-corrected chi connectivity index (χ1v) is 7.17. The molecular weight excluding hydrogens is 236 g/mol. The lowest BCUT2D eigenvalue weighted by molar-refractivity contribution is 0.369. The molecule has 0 aromatic heterocycles. The zero-order valence-corrected chi connectivity index (χ0v) is 11.4. The lowest BCUT2D eigenvalue weighted by atomic mass is 10.2. The standard InChI is InChI=1S/C12H20N2O2S/c1-4-6-10(2)14(3)17(15,16)12-8-5-7-11(13)9-12/h5,7-10H,4,6,13H2,1-3H3. The van der Waals surface area contributed by atoms with Gasteiger partial charge in [0.15, 0.2) is 0 Å². The van der Waals surface area contributed by atoms with E-state index in [2.05, 4.69) is 0 Å². The van der Waals surface area contributed by atoms with Crippen molar-refractivity contribution in [2.24, 2.45) is 0 Å². The third-order valence-electron chi connectivity index (χ3n) is 2.86. The van der Waals surface area contributed by atoms with Crippen molar-refractivity contribution in [3.8, 4) is 0 Å². The molecule has 2 N–H and O–H groups in total. The Morgan fingerprint density at radius 2 is 2.06 bits per heavy atom. The van der Waals surface area contributed by atoms with Gasteiger partial charge in [-0.05, 0) is 31.5 Å². The second kappa shape index (κ2) is 5.51. The summed E-state index contributed by atoms with van der Waals surface area (Å²) in [5, 5.41) is 0. The fraction of sp³-hybridized carbons (Fsp3) is 0.500. The molecule has 0 aliphatic heterocycles. The predicted molar refractivity (Wildman–Crippen MR) is 70.2 cm³/mol. The summed E-state index contributed by atoms with van der Waals surface area (Å²) in [5.74, 6) is 0. The molecule has 0 spiro atoms. The first kappa shape index (κ1) is 14.0.